The van der Waals surface area contributed by atoms with Crippen LogP contribution in [0.3, 0.4) is 0 Å². The second kappa shape index (κ2) is 5.41. The van der Waals surface area contributed by atoms with Crippen LogP contribution in [0.4, 0.5) is 0 Å². The first kappa shape index (κ1) is 14.2. The van der Waals surface area contributed by atoms with Crippen LogP contribution >= 0.6 is 11.3 Å². The highest BCUT2D eigenvalue weighted by molar-refractivity contribution is 7.89. The van der Waals surface area contributed by atoms with E-state index in [-0.39, 0.29) is 18.0 Å². The topological polar surface area (TPSA) is 75.4 Å². The maximum Gasteiger partial charge on any atom is 0.244 e. The lowest BCUT2D eigenvalue weighted by Crippen LogP contribution is -2.27. The average molecular weight is 301 g/mol. The Balaban J connectivity index is 2.22. The van der Waals surface area contributed by atoms with Gasteiger partial charge in [0.1, 0.15) is 5.82 Å². The van der Waals surface area contributed by atoms with Gasteiger partial charge in [-0.3, -0.25) is 0 Å². The molecule has 0 spiro atoms. The van der Waals surface area contributed by atoms with E-state index in [9.17, 15) is 8.42 Å². The molecule has 0 aliphatic rings. The summed E-state index contributed by atoms with van der Waals surface area (Å²) in [6, 6.07) is 1.49. The average Bonchev–Trinajstić information content (AvgIpc) is 2.99. The molecule has 2 rings (SSSR count). The fourth-order valence-electron chi connectivity index (χ4n) is 1.59. The summed E-state index contributed by atoms with van der Waals surface area (Å²) in [5.74, 6) is 0.670. The molecule has 2 heterocycles. The van der Waals surface area contributed by atoms with Crippen molar-refractivity contribution >= 4 is 21.4 Å². The molecule has 2 aromatic rings. The number of sulfonamides is 1. The van der Waals surface area contributed by atoms with Gasteiger partial charge in [-0.2, -0.15) is 4.31 Å². The molecule has 0 radical (unpaired) electrons. The largest absolute Gasteiger partial charge is 0.391 e. The maximum absolute atomic E-state index is 12.3. The highest BCUT2D eigenvalue weighted by Gasteiger charge is 2.23. The Morgan fingerprint density at radius 2 is 2.26 bits per heavy atom. The zero-order chi connectivity index (χ0) is 14.0. The lowest BCUT2D eigenvalue weighted by Gasteiger charge is -2.15. The second-order valence-electron chi connectivity index (χ2n) is 4.12. The van der Waals surface area contributed by atoms with Crippen molar-refractivity contribution in [3.05, 3.63) is 34.5 Å². The van der Waals surface area contributed by atoms with E-state index in [2.05, 4.69) is 4.98 Å². The van der Waals surface area contributed by atoms with Crippen molar-refractivity contribution in [2.24, 2.45) is 7.05 Å². The monoisotopic (exact) mass is 301 g/mol. The number of imidazole rings is 1. The van der Waals surface area contributed by atoms with E-state index in [1.165, 1.54) is 34.1 Å². The van der Waals surface area contributed by atoms with Crippen LogP contribution < -0.4 is 0 Å². The SMILES string of the molecule is CN(Cc1nccn1C)S(=O)(=O)c1csc(CO)c1. The molecule has 0 aliphatic heterocycles. The number of rotatable bonds is 5. The van der Waals surface area contributed by atoms with E-state index < -0.39 is 10.0 Å². The minimum Gasteiger partial charge on any atom is -0.391 e. The van der Waals surface area contributed by atoms with Gasteiger partial charge in [0.05, 0.1) is 18.0 Å². The molecular formula is C11H15N3O3S2. The number of aryl methyl sites for hydroxylation is 1. The van der Waals surface area contributed by atoms with Gasteiger partial charge in [0.2, 0.25) is 10.0 Å². The fourth-order valence-corrected chi connectivity index (χ4v) is 3.84. The summed E-state index contributed by atoms with van der Waals surface area (Å²) in [5, 5.41) is 10.5. The van der Waals surface area contributed by atoms with Crippen LogP contribution in [-0.4, -0.2) is 34.4 Å². The molecule has 1 N–H and O–H groups in total. The van der Waals surface area contributed by atoms with Crippen molar-refractivity contribution in [1.82, 2.24) is 13.9 Å². The third-order valence-electron chi connectivity index (χ3n) is 2.78. The number of aliphatic hydroxyl groups is 1. The van der Waals surface area contributed by atoms with Gasteiger partial charge >= 0.3 is 0 Å². The lowest BCUT2D eigenvalue weighted by atomic mass is 10.5. The van der Waals surface area contributed by atoms with E-state index in [4.69, 9.17) is 5.11 Å². The van der Waals surface area contributed by atoms with E-state index >= 15 is 0 Å². The quantitative estimate of drug-likeness (QED) is 0.886. The van der Waals surface area contributed by atoms with Crippen LogP contribution in [0.15, 0.2) is 28.7 Å². The first-order chi connectivity index (χ1) is 8.95. The van der Waals surface area contributed by atoms with Gasteiger partial charge in [-0.05, 0) is 6.07 Å². The number of hydrogen-bond donors (Lipinski definition) is 1. The molecular weight excluding hydrogens is 286 g/mol. The molecule has 0 bridgehead atoms. The van der Waals surface area contributed by atoms with Crippen molar-refractivity contribution in [2.75, 3.05) is 7.05 Å². The Hall–Kier alpha value is -1.22. The summed E-state index contributed by atoms with van der Waals surface area (Å²) in [6.07, 6.45) is 3.40. The molecule has 0 amide bonds. The van der Waals surface area contributed by atoms with Gasteiger partial charge in [-0.15, -0.1) is 11.3 Å². The number of aromatic nitrogens is 2. The van der Waals surface area contributed by atoms with E-state index in [0.29, 0.717) is 10.7 Å². The third-order valence-corrected chi connectivity index (χ3v) is 5.63. The van der Waals surface area contributed by atoms with E-state index in [0.717, 1.165) is 0 Å². The van der Waals surface area contributed by atoms with Crippen LogP contribution in [0.5, 0.6) is 0 Å². The molecule has 0 unspecified atom stereocenters. The van der Waals surface area contributed by atoms with Crippen LogP contribution in [-0.2, 0) is 30.2 Å². The second-order valence-corrected chi connectivity index (χ2v) is 7.16. The Morgan fingerprint density at radius 1 is 1.53 bits per heavy atom. The first-order valence-corrected chi connectivity index (χ1v) is 7.88. The molecule has 19 heavy (non-hydrogen) atoms. The predicted molar refractivity (Wildman–Crippen MR) is 72.1 cm³/mol. The minimum atomic E-state index is -3.54. The van der Waals surface area contributed by atoms with E-state index in [1.807, 2.05) is 7.05 Å². The van der Waals surface area contributed by atoms with Gasteiger partial charge in [-0.1, -0.05) is 0 Å². The first-order valence-electron chi connectivity index (χ1n) is 5.56. The highest BCUT2D eigenvalue weighted by Crippen LogP contribution is 2.22. The van der Waals surface area contributed by atoms with Crippen molar-refractivity contribution in [3.8, 4) is 0 Å². The van der Waals surface area contributed by atoms with Crippen molar-refractivity contribution in [3.63, 3.8) is 0 Å². The van der Waals surface area contributed by atoms with Crippen LogP contribution in [0.1, 0.15) is 10.7 Å². The van der Waals surface area contributed by atoms with Gasteiger partial charge in [-0.25, -0.2) is 13.4 Å². The van der Waals surface area contributed by atoms with Crippen LogP contribution in [0, 0.1) is 0 Å². The molecule has 0 aromatic carbocycles. The molecule has 2 aromatic heterocycles. The Bertz CT molecular complexity index is 660. The molecule has 104 valence electrons. The van der Waals surface area contributed by atoms with Gasteiger partial charge in [0, 0.05) is 36.7 Å². The smallest absolute Gasteiger partial charge is 0.244 e. The number of thiophene rings is 1. The molecule has 0 saturated heterocycles. The highest BCUT2D eigenvalue weighted by atomic mass is 32.2. The Kier molecular flexibility index (Phi) is 4.04. The number of aliphatic hydroxyl groups excluding tert-OH is 1. The van der Waals surface area contributed by atoms with Gasteiger partial charge in [0.15, 0.2) is 0 Å². The van der Waals surface area contributed by atoms with Crippen molar-refractivity contribution in [2.45, 2.75) is 18.0 Å². The third kappa shape index (κ3) is 2.86. The number of nitrogens with zero attached hydrogens (tertiary/aromatic N) is 3. The molecule has 0 saturated carbocycles. The molecule has 0 atom stereocenters. The standard InChI is InChI=1S/C11H15N3O3S2/c1-13-4-3-12-11(13)6-14(2)19(16,17)10-5-9(7-15)18-8-10/h3-5,8,15H,6-7H2,1-2H3. The summed E-state index contributed by atoms with van der Waals surface area (Å²) in [6.45, 7) is 0.0550. The van der Waals surface area contributed by atoms with E-state index in [1.54, 1.807) is 17.0 Å². The Morgan fingerprint density at radius 3 is 2.79 bits per heavy atom. The lowest BCUT2D eigenvalue weighted by molar-refractivity contribution is 0.285. The zero-order valence-corrected chi connectivity index (χ0v) is 12.3. The summed E-state index contributed by atoms with van der Waals surface area (Å²) >= 11 is 1.23. The summed E-state index contributed by atoms with van der Waals surface area (Å²) in [5.41, 5.74) is 0. The minimum absolute atomic E-state index is 0.150. The summed E-state index contributed by atoms with van der Waals surface area (Å²) in [7, 11) is -0.211. The molecule has 0 aliphatic carbocycles. The van der Waals surface area contributed by atoms with Crippen LogP contribution in [0.2, 0.25) is 0 Å². The Labute approximate surface area is 116 Å². The zero-order valence-electron chi connectivity index (χ0n) is 10.6. The van der Waals surface area contributed by atoms with Gasteiger partial charge < -0.3 is 9.67 Å². The van der Waals surface area contributed by atoms with Crippen LogP contribution in [0.25, 0.3) is 0 Å². The summed E-state index contributed by atoms with van der Waals surface area (Å²) in [4.78, 5) is 4.94. The summed E-state index contributed by atoms with van der Waals surface area (Å²) < 4.78 is 27.7. The molecule has 8 heteroatoms. The maximum atomic E-state index is 12.3. The fraction of sp³-hybridized carbons (Fsp3) is 0.364. The number of hydrogen-bond acceptors (Lipinski definition) is 5. The predicted octanol–water partition coefficient (Wildman–Crippen LogP) is 0.795. The van der Waals surface area contributed by atoms with Crippen molar-refractivity contribution in [1.29, 1.82) is 0 Å². The van der Waals surface area contributed by atoms with Crippen molar-refractivity contribution < 1.29 is 13.5 Å². The molecule has 0 fully saturated rings. The normalized spacial score (nSPS) is 12.2. The molecule has 6 nitrogen and oxygen atoms in total. The van der Waals surface area contributed by atoms with Gasteiger partial charge in [0.25, 0.3) is 0 Å².